The van der Waals surface area contributed by atoms with E-state index in [4.69, 9.17) is 0 Å². The largest absolute Gasteiger partial charge is 0.494 e. The monoisotopic (exact) mass is 423 g/mol. The second kappa shape index (κ2) is 5.60. The Hall–Kier alpha value is -2.81. The number of aromatic hydroxyl groups is 1. The molecule has 0 atom stereocenters. The molecular formula is C17H9BrF3N3O2. The predicted octanol–water partition coefficient (Wildman–Crippen LogP) is 6.20. The van der Waals surface area contributed by atoms with Crippen LogP contribution in [0.1, 0.15) is 5.56 Å². The van der Waals surface area contributed by atoms with E-state index in [9.17, 15) is 23.2 Å². The smallest absolute Gasteiger partial charge is 0.416 e. The molecule has 0 aliphatic heterocycles. The van der Waals surface area contributed by atoms with E-state index >= 15 is 0 Å². The summed E-state index contributed by atoms with van der Waals surface area (Å²) in [5.74, 6) is -0.217. The molecule has 0 amide bonds. The topological polar surface area (TPSA) is 81.2 Å². The first-order chi connectivity index (χ1) is 12.3. The van der Waals surface area contributed by atoms with Crippen LogP contribution in [0.4, 0.5) is 18.9 Å². The van der Waals surface area contributed by atoms with Gasteiger partial charge in [-0.2, -0.15) is 13.2 Å². The van der Waals surface area contributed by atoms with Crippen LogP contribution in [0, 0.1) is 4.91 Å². The number of nitrogens with zero attached hydrogens (tertiary/aromatic N) is 1. The number of aromatic nitrogens is 2. The molecule has 0 aliphatic rings. The van der Waals surface area contributed by atoms with Gasteiger partial charge in [0.25, 0.3) is 0 Å². The van der Waals surface area contributed by atoms with Gasteiger partial charge in [0.05, 0.1) is 22.3 Å². The lowest BCUT2D eigenvalue weighted by Gasteiger charge is -2.05. The zero-order valence-corrected chi connectivity index (χ0v) is 14.4. The number of fused-ring (bicyclic) bond motifs is 2. The molecule has 0 saturated carbocycles. The zero-order chi connectivity index (χ0) is 18.6. The molecule has 5 nitrogen and oxygen atoms in total. The fourth-order valence-corrected chi connectivity index (χ4v) is 3.40. The summed E-state index contributed by atoms with van der Waals surface area (Å²) in [7, 11) is 0. The standard InChI is InChI=1S/C17H9BrF3N3O2/c18-8-2-3-9-12(6-8)23-16(25)13(9)15-14(24-26)10-5-7(17(19,20)21)1-4-11(10)22-15/h1-6,22-23,25H. The molecule has 0 spiro atoms. The van der Waals surface area contributed by atoms with Crippen molar-refractivity contribution in [2.24, 2.45) is 5.18 Å². The van der Waals surface area contributed by atoms with Crippen LogP contribution in [-0.4, -0.2) is 15.1 Å². The second-order valence-electron chi connectivity index (χ2n) is 5.74. The Morgan fingerprint density at radius 1 is 1.00 bits per heavy atom. The summed E-state index contributed by atoms with van der Waals surface area (Å²) < 4.78 is 39.7. The number of nitroso groups, excluding NO2 is 1. The van der Waals surface area contributed by atoms with Gasteiger partial charge in [0.2, 0.25) is 0 Å². The van der Waals surface area contributed by atoms with Gasteiger partial charge in [-0.3, -0.25) is 0 Å². The fraction of sp³-hybridized carbons (Fsp3) is 0.0588. The number of H-pyrrole nitrogens is 2. The van der Waals surface area contributed by atoms with Crippen LogP contribution >= 0.6 is 15.9 Å². The summed E-state index contributed by atoms with van der Waals surface area (Å²) in [5.41, 5.74) is 0.261. The maximum Gasteiger partial charge on any atom is 0.416 e. The van der Waals surface area contributed by atoms with Gasteiger partial charge in [-0.25, -0.2) is 0 Å². The van der Waals surface area contributed by atoms with Crippen molar-refractivity contribution in [2.75, 3.05) is 0 Å². The van der Waals surface area contributed by atoms with Gasteiger partial charge in [0, 0.05) is 20.8 Å². The summed E-state index contributed by atoms with van der Waals surface area (Å²) in [5, 5.41) is 13.8. The Balaban J connectivity index is 2.04. The number of benzene rings is 2. The highest BCUT2D eigenvalue weighted by Crippen LogP contribution is 2.45. The Morgan fingerprint density at radius 3 is 2.46 bits per heavy atom. The van der Waals surface area contributed by atoms with Gasteiger partial charge < -0.3 is 15.1 Å². The Morgan fingerprint density at radius 2 is 1.77 bits per heavy atom. The number of rotatable bonds is 2. The molecule has 2 heterocycles. The van der Waals surface area contributed by atoms with Crippen molar-refractivity contribution in [3.63, 3.8) is 0 Å². The highest BCUT2D eigenvalue weighted by atomic mass is 79.9. The van der Waals surface area contributed by atoms with E-state index < -0.39 is 11.7 Å². The first-order valence-corrected chi connectivity index (χ1v) is 8.15. The lowest BCUT2D eigenvalue weighted by Crippen LogP contribution is -2.03. The molecule has 0 saturated heterocycles. The normalized spacial score (nSPS) is 12.2. The van der Waals surface area contributed by atoms with E-state index in [1.807, 2.05) is 0 Å². The van der Waals surface area contributed by atoms with Gasteiger partial charge in [-0.1, -0.05) is 22.0 Å². The van der Waals surface area contributed by atoms with Crippen molar-refractivity contribution in [1.82, 2.24) is 9.97 Å². The van der Waals surface area contributed by atoms with Crippen molar-refractivity contribution >= 4 is 43.4 Å². The molecular weight excluding hydrogens is 415 g/mol. The molecule has 4 aromatic rings. The fourth-order valence-electron chi connectivity index (χ4n) is 3.04. The highest BCUT2D eigenvalue weighted by Gasteiger charge is 2.31. The third-order valence-electron chi connectivity index (χ3n) is 4.18. The first kappa shape index (κ1) is 16.6. The number of hydrogen-bond donors (Lipinski definition) is 3. The molecule has 0 bridgehead atoms. The summed E-state index contributed by atoms with van der Waals surface area (Å²) in [4.78, 5) is 17.1. The molecule has 26 heavy (non-hydrogen) atoms. The van der Waals surface area contributed by atoms with Crippen LogP contribution in [0.5, 0.6) is 5.88 Å². The van der Waals surface area contributed by atoms with Crippen molar-refractivity contribution in [3.8, 4) is 17.1 Å². The van der Waals surface area contributed by atoms with Crippen LogP contribution in [0.25, 0.3) is 33.1 Å². The van der Waals surface area contributed by atoms with Crippen LogP contribution in [0.15, 0.2) is 46.0 Å². The molecule has 0 unspecified atom stereocenters. The molecule has 0 fully saturated rings. The van der Waals surface area contributed by atoms with Crippen LogP contribution in [0.3, 0.4) is 0 Å². The molecule has 132 valence electrons. The van der Waals surface area contributed by atoms with Gasteiger partial charge in [0.1, 0.15) is 5.69 Å². The van der Waals surface area contributed by atoms with Crippen molar-refractivity contribution in [3.05, 3.63) is 51.3 Å². The highest BCUT2D eigenvalue weighted by molar-refractivity contribution is 9.10. The molecule has 0 aliphatic carbocycles. The minimum atomic E-state index is -4.54. The third-order valence-corrected chi connectivity index (χ3v) is 4.67. The average Bonchev–Trinajstić information content (AvgIpc) is 3.08. The third kappa shape index (κ3) is 2.47. The van der Waals surface area contributed by atoms with Crippen molar-refractivity contribution in [1.29, 1.82) is 0 Å². The molecule has 2 aromatic heterocycles. The zero-order valence-electron chi connectivity index (χ0n) is 12.8. The lowest BCUT2D eigenvalue weighted by atomic mass is 10.1. The number of aromatic amines is 2. The van der Waals surface area contributed by atoms with Crippen LogP contribution in [-0.2, 0) is 6.18 Å². The second-order valence-corrected chi connectivity index (χ2v) is 6.65. The van der Waals surface area contributed by atoms with Gasteiger partial charge in [-0.05, 0) is 35.5 Å². The Labute approximate surface area is 151 Å². The minimum absolute atomic E-state index is 0.0377. The van der Waals surface area contributed by atoms with Crippen molar-refractivity contribution < 1.29 is 18.3 Å². The van der Waals surface area contributed by atoms with E-state index in [0.29, 0.717) is 16.4 Å². The van der Waals surface area contributed by atoms with E-state index in [1.54, 1.807) is 18.2 Å². The van der Waals surface area contributed by atoms with Gasteiger partial charge in [-0.15, -0.1) is 4.91 Å². The maximum absolute atomic E-state index is 13.0. The van der Waals surface area contributed by atoms with E-state index in [1.165, 1.54) is 6.07 Å². The summed E-state index contributed by atoms with van der Waals surface area (Å²) >= 11 is 3.32. The maximum atomic E-state index is 13.0. The summed E-state index contributed by atoms with van der Waals surface area (Å²) in [6.45, 7) is 0. The van der Waals surface area contributed by atoms with Gasteiger partial charge >= 0.3 is 6.18 Å². The molecule has 0 radical (unpaired) electrons. The van der Waals surface area contributed by atoms with E-state index in [-0.39, 0.29) is 28.2 Å². The number of halogens is 4. The summed E-state index contributed by atoms with van der Waals surface area (Å²) in [6.07, 6.45) is -4.54. The molecule has 3 N–H and O–H groups in total. The quantitative estimate of drug-likeness (QED) is 0.335. The van der Waals surface area contributed by atoms with Crippen LogP contribution in [0.2, 0.25) is 0 Å². The first-order valence-electron chi connectivity index (χ1n) is 7.36. The van der Waals surface area contributed by atoms with E-state index in [0.717, 1.165) is 16.6 Å². The lowest BCUT2D eigenvalue weighted by molar-refractivity contribution is -0.137. The average molecular weight is 424 g/mol. The minimum Gasteiger partial charge on any atom is -0.494 e. The molecule has 2 aromatic carbocycles. The molecule has 4 rings (SSSR count). The van der Waals surface area contributed by atoms with E-state index in [2.05, 4.69) is 31.1 Å². The van der Waals surface area contributed by atoms with Crippen LogP contribution < -0.4 is 0 Å². The van der Waals surface area contributed by atoms with Crippen molar-refractivity contribution in [2.45, 2.75) is 6.18 Å². The number of hydrogen-bond acceptors (Lipinski definition) is 3. The Kier molecular flexibility index (Phi) is 3.58. The van der Waals surface area contributed by atoms with Gasteiger partial charge in [0.15, 0.2) is 5.88 Å². The summed E-state index contributed by atoms with van der Waals surface area (Å²) in [6, 6.07) is 8.22. The predicted molar refractivity (Wildman–Crippen MR) is 95.4 cm³/mol. The number of alkyl halides is 3. The Bertz CT molecular complexity index is 1180. The SMILES string of the molecule is O=Nc1c(-c2c(O)[nH]c3cc(Br)ccc23)[nH]c2ccc(C(F)(F)F)cc12. The molecule has 9 heteroatoms. The number of nitrogens with one attached hydrogen (secondary N) is 2.